The molecule has 9 nitrogen and oxygen atoms in total. The maximum atomic E-state index is 13.9. The molecule has 0 saturated heterocycles. The molecule has 0 aliphatic heterocycles. The predicted molar refractivity (Wildman–Crippen MR) is 145 cm³/mol. The molecule has 2 N–H and O–H groups in total. The van der Waals surface area contributed by atoms with Gasteiger partial charge in [0, 0.05) is 42.0 Å². The Morgan fingerprint density at radius 2 is 1.84 bits per heavy atom. The number of carboxylic acids is 1. The summed E-state index contributed by atoms with van der Waals surface area (Å²) in [7, 11) is 0.427. The summed E-state index contributed by atoms with van der Waals surface area (Å²) in [6, 6.07) is 8.53. The van der Waals surface area contributed by atoms with Crippen LogP contribution >= 0.6 is 0 Å². The molecule has 1 amide bonds. The number of nitrogens with zero attached hydrogens (tertiary/aromatic N) is 3. The molecule has 4 rings (SSSR count). The first kappa shape index (κ1) is 26.4. The third-order valence-corrected chi connectivity index (χ3v) is 7.17. The fourth-order valence-electron chi connectivity index (χ4n) is 5.27. The highest BCUT2D eigenvalue weighted by Gasteiger charge is 2.24. The summed E-state index contributed by atoms with van der Waals surface area (Å²) in [4.78, 5) is 38.2. The smallest absolute Gasteiger partial charge is 0.329 e. The van der Waals surface area contributed by atoms with E-state index < -0.39 is 28.9 Å². The molecule has 37 heavy (non-hydrogen) atoms. The van der Waals surface area contributed by atoms with Crippen LogP contribution in [0.4, 0.5) is 0 Å². The van der Waals surface area contributed by atoms with E-state index in [1.54, 1.807) is 22.8 Å². The summed E-state index contributed by atoms with van der Waals surface area (Å²) >= 11 is 0. The Morgan fingerprint density at radius 1 is 1.11 bits per heavy atom. The van der Waals surface area contributed by atoms with Gasteiger partial charge in [-0.25, -0.2) is 9.00 Å². The number of aryl methyl sites for hydroxylation is 3. The molecular formula is C27H32N4O5S. The van der Waals surface area contributed by atoms with Crippen molar-refractivity contribution in [2.45, 2.75) is 52.6 Å². The van der Waals surface area contributed by atoms with Crippen molar-refractivity contribution in [1.29, 1.82) is 0 Å². The van der Waals surface area contributed by atoms with Gasteiger partial charge in [-0.15, -0.1) is 0 Å². The lowest BCUT2D eigenvalue weighted by Crippen LogP contribution is -2.29. The molecule has 2 aromatic heterocycles. The topological polar surface area (TPSA) is 115 Å². The van der Waals surface area contributed by atoms with Crippen molar-refractivity contribution in [3.63, 3.8) is 0 Å². The second-order valence-corrected chi connectivity index (χ2v) is 10.7. The SMILES string of the molecule is CCC[C@@H](CC(=O)O)n1c(=O)n(Cc2cn(C)c3cc(C)cc(C)c23)c2ccc(C(=O)NS(C)=O)cc21. The highest BCUT2D eigenvalue weighted by Crippen LogP contribution is 2.29. The number of imidazole rings is 1. The standard InChI is InChI=1S/C27H32N4O5S/c1-6-7-20(13-24(32)33)31-22-12-18(26(34)28-37(5)36)8-9-21(22)30(27(31)35)15-19-14-29(4)23-11-16(2)10-17(3)25(19)23/h8-12,14,20H,6-7,13,15H2,1-5H3,(H,28,34)(H,32,33)/t20-,37?/m0/s1. The van der Waals surface area contributed by atoms with Crippen molar-refractivity contribution in [3.05, 3.63) is 69.3 Å². The number of aromatic nitrogens is 3. The van der Waals surface area contributed by atoms with E-state index in [4.69, 9.17) is 0 Å². The minimum atomic E-state index is -1.55. The molecular weight excluding hydrogens is 492 g/mol. The van der Waals surface area contributed by atoms with Crippen LogP contribution in [0.3, 0.4) is 0 Å². The van der Waals surface area contributed by atoms with Gasteiger partial charge in [0.1, 0.15) is 11.0 Å². The Balaban J connectivity index is 1.95. The van der Waals surface area contributed by atoms with Crippen LogP contribution in [0.1, 0.15) is 59.3 Å². The fraction of sp³-hybridized carbons (Fsp3) is 0.370. The quantitative estimate of drug-likeness (QED) is 0.346. The van der Waals surface area contributed by atoms with Crippen molar-refractivity contribution in [2.75, 3.05) is 6.26 Å². The van der Waals surface area contributed by atoms with Crippen molar-refractivity contribution in [3.8, 4) is 0 Å². The van der Waals surface area contributed by atoms with Crippen LogP contribution in [-0.4, -0.2) is 41.1 Å². The van der Waals surface area contributed by atoms with Gasteiger partial charge in [-0.05, 0) is 61.2 Å². The van der Waals surface area contributed by atoms with Crippen molar-refractivity contribution >= 4 is 44.8 Å². The number of benzene rings is 2. The van der Waals surface area contributed by atoms with E-state index in [1.807, 2.05) is 24.7 Å². The average Bonchev–Trinajstić information content (AvgIpc) is 3.26. The van der Waals surface area contributed by atoms with Gasteiger partial charge in [-0.2, -0.15) is 0 Å². The Kier molecular flexibility index (Phi) is 7.40. The number of hydrogen-bond donors (Lipinski definition) is 2. The van der Waals surface area contributed by atoms with Crippen LogP contribution in [0.15, 0.2) is 41.3 Å². The van der Waals surface area contributed by atoms with Gasteiger partial charge in [0.05, 0.1) is 24.0 Å². The maximum Gasteiger partial charge on any atom is 0.329 e. The Morgan fingerprint density at radius 3 is 2.49 bits per heavy atom. The minimum absolute atomic E-state index is 0.213. The summed E-state index contributed by atoms with van der Waals surface area (Å²) < 4.78 is 19.1. The van der Waals surface area contributed by atoms with Crippen LogP contribution in [0.5, 0.6) is 0 Å². The number of aliphatic carboxylic acids is 1. The Bertz CT molecular complexity index is 1610. The predicted octanol–water partition coefficient (Wildman–Crippen LogP) is 3.80. The largest absolute Gasteiger partial charge is 0.481 e. The normalized spacial score (nSPS) is 13.2. The van der Waals surface area contributed by atoms with Gasteiger partial charge in [0.25, 0.3) is 5.91 Å². The van der Waals surface area contributed by atoms with Crippen molar-refractivity contribution in [1.82, 2.24) is 18.4 Å². The first-order chi connectivity index (χ1) is 17.5. The zero-order chi connectivity index (χ0) is 27.0. The van der Waals surface area contributed by atoms with Gasteiger partial charge in [0.15, 0.2) is 0 Å². The molecule has 1 unspecified atom stereocenters. The van der Waals surface area contributed by atoms with E-state index in [0.29, 0.717) is 30.4 Å². The molecule has 0 saturated carbocycles. The number of carbonyl (C=O) groups excluding carboxylic acids is 1. The summed E-state index contributed by atoms with van der Waals surface area (Å²) in [5.41, 5.74) is 5.32. The van der Waals surface area contributed by atoms with Gasteiger partial charge in [-0.3, -0.25) is 23.4 Å². The third kappa shape index (κ3) is 5.11. The van der Waals surface area contributed by atoms with Gasteiger partial charge >= 0.3 is 11.7 Å². The van der Waals surface area contributed by atoms with Crippen LogP contribution in [0.25, 0.3) is 21.9 Å². The van der Waals surface area contributed by atoms with Crippen LogP contribution < -0.4 is 10.4 Å². The van der Waals surface area contributed by atoms with Crippen LogP contribution in [-0.2, 0) is 29.4 Å². The van der Waals surface area contributed by atoms with Gasteiger partial charge in [-0.1, -0.05) is 19.4 Å². The number of rotatable bonds is 9. The monoisotopic (exact) mass is 524 g/mol. The first-order valence-electron chi connectivity index (χ1n) is 12.2. The second kappa shape index (κ2) is 10.4. The molecule has 10 heteroatoms. The number of fused-ring (bicyclic) bond motifs is 2. The van der Waals surface area contributed by atoms with E-state index in [0.717, 1.165) is 27.6 Å². The van der Waals surface area contributed by atoms with E-state index in [9.17, 15) is 23.7 Å². The summed E-state index contributed by atoms with van der Waals surface area (Å²) in [6.07, 6.45) is 4.35. The molecule has 4 aromatic rings. The Labute approximate surface area is 217 Å². The average molecular weight is 525 g/mol. The van der Waals surface area contributed by atoms with Crippen LogP contribution in [0, 0.1) is 13.8 Å². The number of amides is 1. The first-order valence-corrected chi connectivity index (χ1v) is 13.7. The summed E-state index contributed by atoms with van der Waals surface area (Å²) in [6.45, 7) is 6.34. The molecule has 0 bridgehead atoms. The molecule has 2 heterocycles. The third-order valence-electron chi connectivity index (χ3n) is 6.70. The lowest BCUT2D eigenvalue weighted by atomic mass is 10.0. The highest BCUT2D eigenvalue weighted by molar-refractivity contribution is 7.82. The maximum absolute atomic E-state index is 13.9. The van der Waals surface area contributed by atoms with Crippen molar-refractivity contribution < 1.29 is 18.9 Å². The highest BCUT2D eigenvalue weighted by atomic mass is 32.2. The zero-order valence-corrected chi connectivity index (χ0v) is 22.5. The molecule has 0 radical (unpaired) electrons. The molecule has 2 aromatic carbocycles. The van der Waals surface area contributed by atoms with E-state index in [2.05, 4.69) is 30.7 Å². The molecule has 0 fully saturated rings. The minimum Gasteiger partial charge on any atom is -0.481 e. The molecule has 2 atom stereocenters. The molecule has 0 aliphatic rings. The zero-order valence-electron chi connectivity index (χ0n) is 21.7. The fourth-order valence-corrected chi connectivity index (χ4v) is 5.65. The lowest BCUT2D eigenvalue weighted by Gasteiger charge is -2.16. The number of hydrogen-bond acceptors (Lipinski definition) is 4. The lowest BCUT2D eigenvalue weighted by molar-refractivity contribution is -0.137. The number of carbonyl (C=O) groups is 2. The van der Waals surface area contributed by atoms with E-state index >= 15 is 0 Å². The number of nitrogens with one attached hydrogen (secondary N) is 1. The molecule has 0 aliphatic carbocycles. The van der Waals surface area contributed by atoms with E-state index in [1.165, 1.54) is 10.8 Å². The summed E-state index contributed by atoms with van der Waals surface area (Å²) in [5.74, 6) is -1.53. The van der Waals surface area contributed by atoms with Crippen LogP contribution in [0.2, 0.25) is 0 Å². The molecule has 196 valence electrons. The van der Waals surface area contributed by atoms with Gasteiger partial charge < -0.3 is 9.67 Å². The Hall–Kier alpha value is -3.66. The summed E-state index contributed by atoms with van der Waals surface area (Å²) in [5, 5.41) is 10.7. The second-order valence-electron chi connectivity index (χ2n) is 9.61. The van der Waals surface area contributed by atoms with Crippen molar-refractivity contribution in [2.24, 2.45) is 7.05 Å². The molecule has 0 spiro atoms. The number of carboxylic acid groups (broad SMARTS) is 1. The van der Waals surface area contributed by atoms with Gasteiger partial charge in [0.2, 0.25) is 0 Å². The van der Waals surface area contributed by atoms with E-state index in [-0.39, 0.29) is 17.7 Å².